The van der Waals surface area contributed by atoms with Gasteiger partial charge in [0.25, 0.3) is 5.69 Å². The quantitative estimate of drug-likeness (QED) is 0.226. The molecule has 1 fully saturated rings. The van der Waals surface area contributed by atoms with Gasteiger partial charge in [0.1, 0.15) is 29.3 Å². The number of aromatic nitrogens is 1. The highest BCUT2D eigenvalue weighted by Crippen LogP contribution is 2.44. The molecule has 1 unspecified atom stereocenters. The molecule has 0 saturated heterocycles. The number of aliphatic imine (C=N–C) groups is 1. The number of pyridine rings is 1. The fraction of sp³-hybridized carbons (Fsp3) is 0.333. The maximum atomic E-state index is 11.9. The number of nitrogens with zero attached hydrogens (tertiary/aromatic N) is 5. The van der Waals surface area contributed by atoms with E-state index in [0.29, 0.717) is 21.3 Å². The lowest BCUT2D eigenvalue weighted by molar-refractivity contribution is -0.387. The highest BCUT2D eigenvalue weighted by molar-refractivity contribution is 8.00. The number of rotatable bonds is 4. The molecule has 2 heterocycles. The molecule has 1 aliphatic heterocycles. The van der Waals surface area contributed by atoms with E-state index in [9.17, 15) is 15.4 Å². The number of nitro benzene ring substituents is 1. The molecule has 1 aliphatic carbocycles. The number of fused-ring (bicyclic) bond motifs is 1. The molecule has 12 heteroatoms. The summed E-state index contributed by atoms with van der Waals surface area (Å²) in [6.07, 6.45) is 7.33. The van der Waals surface area contributed by atoms with Crippen LogP contribution in [0.25, 0.3) is 0 Å². The Morgan fingerprint density at radius 3 is 2.67 bits per heavy atom. The lowest BCUT2D eigenvalue weighted by Crippen LogP contribution is -2.32. The van der Waals surface area contributed by atoms with Crippen molar-refractivity contribution >= 4 is 40.7 Å². The largest absolute Gasteiger partial charge is 0.397 e. The molecule has 33 heavy (non-hydrogen) atoms. The first-order valence-corrected chi connectivity index (χ1v) is 11.2. The van der Waals surface area contributed by atoms with Gasteiger partial charge in [0.05, 0.1) is 15.5 Å². The summed E-state index contributed by atoms with van der Waals surface area (Å²) >= 11 is 1.54. The van der Waals surface area contributed by atoms with Crippen molar-refractivity contribution in [2.24, 2.45) is 4.99 Å². The van der Waals surface area contributed by atoms with E-state index in [1.807, 2.05) is 6.07 Å². The molecule has 0 bridgehead atoms. The second-order valence-electron chi connectivity index (χ2n) is 7.76. The van der Waals surface area contributed by atoms with Crippen LogP contribution in [0.2, 0.25) is 0 Å². The van der Waals surface area contributed by atoms with E-state index in [1.54, 1.807) is 18.3 Å². The topological polar surface area (TPSA) is 192 Å². The second-order valence-corrected chi connectivity index (χ2v) is 9.11. The minimum absolute atomic E-state index is 0.00594. The SMILES string of the molecule is N#CNC1=NC(c2ccc(SC3CCCCC3)c([N+](=O)[O-])c2)c2c(nc(N)c(C#N)c2N)N1. The van der Waals surface area contributed by atoms with E-state index in [0.717, 1.165) is 25.7 Å². The Kier molecular flexibility index (Phi) is 6.20. The Labute approximate surface area is 194 Å². The molecule has 1 atom stereocenters. The summed E-state index contributed by atoms with van der Waals surface area (Å²) in [7, 11) is 0. The van der Waals surface area contributed by atoms with Gasteiger partial charge in [0.2, 0.25) is 5.96 Å². The molecular weight excluding hydrogens is 442 g/mol. The smallest absolute Gasteiger partial charge is 0.283 e. The maximum absolute atomic E-state index is 11.9. The third-order valence-corrected chi connectivity index (χ3v) is 7.10. The Morgan fingerprint density at radius 2 is 2.00 bits per heavy atom. The molecule has 1 aromatic carbocycles. The van der Waals surface area contributed by atoms with Gasteiger partial charge < -0.3 is 16.8 Å². The van der Waals surface area contributed by atoms with Crippen LogP contribution in [0, 0.1) is 32.9 Å². The zero-order valence-electron chi connectivity index (χ0n) is 17.5. The number of hydrogen-bond acceptors (Lipinski definition) is 11. The van der Waals surface area contributed by atoms with E-state index in [4.69, 9.17) is 16.7 Å². The van der Waals surface area contributed by atoms with Gasteiger partial charge in [-0.05, 0) is 24.5 Å². The number of nitrogens with two attached hydrogens (primary N) is 2. The summed E-state index contributed by atoms with van der Waals surface area (Å²) in [5, 5.41) is 36.0. The average Bonchev–Trinajstić information content (AvgIpc) is 2.79. The van der Waals surface area contributed by atoms with Gasteiger partial charge in [-0.15, -0.1) is 11.8 Å². The van der Waals surface area contributed by atoms with Crippen LogP contribution in [0.1, 0.15) is 54.8 Å². The van der Waals surface area contributed by atoms with E-state index in [2.05, 4.69) is 20.6 Å². The first kappa shape index (κ1) is 22.2. The van der Waals surface area contributed by atoms with Gasteiger partial charge in [0.15, 0.2) is 6.19 Å². The van der Waals surface area contributed by atoms with Crippen LogP contribution in [0.5, 0.6) is 0 Å². The van der Waals surface area contributed by atoms with E-state index in [1.165, 1.54) is 24.2 Å². The molecule has 0 spiro atoms. The predicted molar refractivity (Wildman–Crippen MR) is 125 cm³/mol. The molecule has 2 aliphatic rings. The second kappa shape index (κ2) is 9.22. The third-order valence-electron chi connectivity index (χ3n) is 5.70. The summed E-state index contributed by atoms with van der Waals surface area (Å²) in [5.74, 6) is 0.253. The lowest BCUT2D eigenvalue weighted by atomic mass is 9.95. The summed E-state index contributed by atoms with van der Waals surface area (Å²) in [6.45, 7) is 0. The number of guanidine groups is 1. The average molecular weight is 464 g/mol. The fourth-order valence-electron chi connectivity index (χ4n) is 4.13. The number of nitriles is 2. The minimum atomic E-state index is -0.829. The first-order valence-electron chi connectivity index (χ1n) is 10.4. The van der Waals surface area contributed by atoms with Crippen molar-refractivity contribution in [3.8, 4) is 12.3 Å². The van der Waals surface area contributed by atoms with Gasteiger partial charge in [-0.3, -0.25) is 15.4 Å². The number of benzene rings is 1. The maximum Gasteiger partial charge on any atom is 0.283 e. The molecule has 6 N–H and O–H groups in total. The summed E-state index contributed by atoms with van der Waals surface area (Å²) < 4.78 is 0. The van der Waals surface area contributed by atoms with Crippen LogP contribution in [0.3, 0.4) is 0 Å². The highest BCUT2D eigenvalue weighted by atomic mass is 32.2. The zero-order chi connectivity index (χ0) is 23.5. The number of nitro groups is 1. The van der Waals surface area contributed by atoms with Crippen molar-refractivity contribution in [1.29, 1.82) is 10.5 Å². The van der Waals surface area contributed by atoms with Gasteiger partial charge in [-0.25, -0.2) is 9.98 Å². The summed E-state index contributed by atoms with van der Waals surface area (Å²) in [6, 6.07) is 6.07. The highest BCUT2D eigenvalue weighted by Gasteiger charge is 2.31. The third kappa shape index (κ3) is 4.33. The summed E-state index contributed by atoms with van der Waals surface area (Å²) in [5.41, 5.74) is 13.0. The molecule has 4 rings (SSSR count). The number of nitrogens with one attached hydrogen (secondary N) is 2. The van der Waals surface area contributed by atoms with Crippen LogP contribution in [0.15, 0.2) is 28.1 Å². The Balaban J connectivity index is 1.80. The van der Waals surface area contributed by atoms with E-state index in [-0.39, 0.29) is 34.5 Å². The molecule has 2 aromatic rings. The molecule has 1 aromatic heterocycles. The molecule has 0 amide bonds. The lowest BCUT2D eigenvalue weighted by Gasteiger charge is -2.26. The van der Waals surface area contributed by atoms with Crippen molar-refractivity contribution in [2.75, 3.05) is 16.8 Å². The molecule has 11 nitrogen and oxygen atoms in total. The Hall–Kier alpha value is -4.03. The van der Waals surface area contributed by atoms with Crippen LogP contribution >= 0.6 is 11.8 Å². The zero-order valence-corrected chi connectivity index (χ0v) is 18.4. The van der Waals surface area contributed by atoms with Gasteiger partial charge in [-0.1, -0.05) is 25.3 Å². The van der Waals surface area contributed by atoms with Crippen molar-refractivity contribution < 1.29 is 4.92 Å². The van der Waals surface area contributed by atoms with Crippen LogP contribution < -0.4 is 22.1 Å². The van der Waals surface area contributed by atoms with E-state index >= 15 is 0 Å². The standard InChI is InChI=1S/C21H21N9O2S/c22-9-13-17(24)16-18(27-21(26-10-23)29-20(16)28-19(13)25)11-6-7-15(14(8-11)30(31)32)33-12-4-2-1-3-5-12/h6-8,12,18H,1-5H2,(H6,24,25,26,27,28,29). The Morgan fingerprint density at radius 1 is 1.24 bits per heavy atom. The Bertz CT molecular complexity index is 1230. The van der Waals surface area contributed by atoms with Crippen molar-refractivity contribution in [3.63, 3.8) is 0 Å². The van der Waals surface area contributed by atoms with Crippen LogP contribution in [-0.4, -0.2) is 21.1 Å². The monoisotopic (exact) mass is 463 g/mol. The molecule has 0 radical (unpaired) electrons. The van der Waals surface area contributed by atoms with Crippen LogP contribution in [0.4, 0.5) is 23.0 Å². The molecule has 1 saturated carbocycles. The number of nitrogen functional groups attached to an aromatic ring is 2. The number of hydrogen-bond donors (Lipinski definition) is 4. The number of anilines is 3. The minimum Gasteiger partial charge on any atom is -0.397 e. The van der Waals surface area contributed by atoms with Gasteiger partial charge in [-0.2, -0.15) is 10.5 Å². The molecule has 168 valence electrons. The van der Waals surface area contributed by atoms with Gasteiger partial charge >= 0.3 is 0 Å². The van der Waals surface area contributed by atoms with Crippen LogP contribution in [-0.2, 0) is 0 Å². The van der Waals surface area contributed by atoms with E-state index < -0.39 is 11.0 Å². The summed E-state index contributed by atoms with van der Waals surface area (Å²) in [4.78, 5) is 20.8. The molecular formula is C21H21N9O2S. The van der Waals surface area contributed by atoms with Crippen molar-refractivity contribution in [2.45, 2.75) is 48.3 Å². The first-order chi connectivity index (χ1) is 15.9. The fourth-order valence-corrected chi connectivity index (χ4v) is 5.46. The van der Waals surface area contributed by atoms with Gasteiger partial charge in [0, 0.05) is 16.9 Å². The van der Waals surface area contributed by atoms with Crippen molar-refractivity contribution in [3.05, 3.63) is 45.0 Å². The predicted octanol–water partition coefficient (Wildman–Crippen LogP) is 3.39. The number of thioether (sulfide) groups is 1. The van der Waals surface area contributed by atoms with Crippen molar-refractivity contribution in [1.82, 2.24) is 10.3 Å². The normalized spacial score (nSPS) is 17.6.